The van der Waals surface area contributed by atoms with E-state index >= 15 is 0 Å². The second kappa shape index (κ2) is 23.8. The Kier molecular flexibility index (Phi) is 38.8. The molecule has 0 bridgehead atoms. The predicted molar refractivity (Wildman–Crippen MR) is 58.6 cm³/mol. The summed E-state index contributed by atoms with van der Waals surface area (Å²) < 4.78 is 4.70. The molecule has 0 fully saturated rings. The molecule has 0 aromatic heterocycles. The minimum atomic E-state index is -0.105. The van der Waals surface area contributed by atoms with Crippen LogP contribution in [-0.2, 0) is 47.0 Å². The minimum absolute atomic E-state index is 0. The van der Waals surface area contributed by atoms with Crippen molar-refractivity contribution in [3.05, 3.63) is 7.43 Å². The summed E-state index contributed by atoms with van der Waals surface area (Å²) >= 11 is 0. The minimum Gasteiger partial charge on any atom is -0.542 e. The van der Waals surface area contributed by atoms with Gasteiger partial charge in [-0.2, -0.15) is 6.42 Å². The Morgan fingerprint density at radius 1 is 1.20 bits per heavy atom. The summed E-state index contributed by atoms with van der Waals surface area (Å²) in [5, 5.41) is 0. The maximum Gasteiger partial charge on any atom is 0.305 e. The van der Waals surface area contributed by atoms with Gasteiger partial charge in [0.1, 0.15) is 0 Å². The van der Waals surface area contributed by atoms with Crippen molar-refractivity contribution in [1.29, 1.82) is 0 Å². The van der Waals surface area contributed by atoms with Crippen LogP contribution in [0.5, 0.6) is 0 Å². The van der Waals surface area contributed by atoms with Crippen molar-refractivity contribution in [2.24, 2.45) is 0 Å². The van der Waals surface area contributed by atoms with Gasteiger partial charge in [0.2, 0.25) is 0 Å². The molecule has 0 heterocycles. The fourth-order valence-electron chi connectivity index (χ4n) is 0.420. The molecule has 0 saturated carbocycles. The number of hydrogen-bond acceptors (Lipinski definition) is 3. The van der Waals surface area contributed by atoms with Crippen LogP contribution >= 0.6 is 0 Å². The van der Waals surface area contributed by atoms with Crippen LogP contribution in [0.25, 0.3) is 0 Å². The molecule has 0 spiro atoms. The van der Waals surface area contributed by atoms with Gasteiger partial charge in [0.25, 0.3) is 0 Å². The predicted octanol–water partition coefficient (Wildman–Crippen LogP) is 2.69. The SMILES string of the molecule is CCCOC(=O)CC.CCC[C-]=O.[CH3-].[Y]. The first-order chi connectivity index (χ1) is 6.22. The van der Waals surface area contributed by atoms with E-state index in [4.69, 9.17) is 4.74 Å². The standard InChI is InChI=1S/C6H12O2.C4H7O.CH3.Y/c1-3-5-8-6(7)4-2;1-2-3-4-5;;/h3-5H2,1-2H3;2-3H2,1H3;1H3;/q;2*-1;. The fourth-order valence-corrected chi connectivity index (χ4v) is 0.420. The zero-order valence-corrected chi connectivity index (χ0v) is 13.2. The van der Waals surface area contributed by atoms with Gasteiger partial charge in [-0.1, -0.05) is 27.2 Å². The summed E-state index contributed by atoms with van der Waals surface area (Å²) in [6, 6.07) is 0. The molecule has 0 aliphatic carbocycles. The summed E-state index contributed by atoms with van der Waals surface area (Å²) in [6.07, 6.45) is 4.67. The zero-order chi connectivity index (χ0) is 10.5. The van der Waals surface area contributed by atoms with Gasteiger partial charge in [-0.3, -0.25) is 11.1 Å². The van der Waals surface area contributed by atoms with Gasteiger partial charge < -0.3 is 17.0 Å². The maximum absolute atomic E-state index is 10.3. The Bertz CT molecular complexity index is 127. The molecule has 0 saturated heterocycles. The van der Waals surface area contributed by atoms with E-state index in [9.17, 15) is 9.59 Å². The topological polar surface area (TPSA) is 43.4 Å². The molecule has 89 valence electrons. The number of esters is 1. The Labute approximate surface area is 119 Å². The first-order valence-corrected chi connectivity index (χ1v) is 4.73. The summed E-state index contributed by atoms with van der Waals surface area (Å²) in [4.78, 5) is 19.6. The van der Waals surface area contributed by atoms with Gasteiger partial charge in [-0.15, -0.1) is 0 Å². The van der Waals surface area contributed by atoms with E-state index in [2.05, 4.69) is 0 Å². The third kappa shape index (κ3) is 31.4. The van der Waals surface area contributed by atoms with E-state index in [-0.39, 0.29) is 46.1 Å². The van der Waals surface area contributed by atoms with E-state index in [0.29, 0.717) is 19.4 Å². The van der Waals surface area contributed by atoms with Crippen LogP contribution in [0.3, 0.4) is 0 Å². The monoisotopic (exact) mass is 291 g/mol. The Balaban J connectivity index is -0.0000000770. The van der Waals surface area contributed by atoms with Crippen molar-refractivity contribution in [2.45, 2.75) is 46.5 Å². The van der Waals surface area contributed by atoms with Crippen molar-refractivity contribution < 1.29 is 47.0 Å². The number of hydrogen-bond donors (Lipinski definition) is 0. The number of ether oxygens (including phenoxy) is 1. The van der Waals surface area contributed by atoms with Gasteiger partial charge in [0.15, 0.2) is 0 Å². The second-order valence-corrected chi connectivity index (χ2v) is 2.47. The number of carbonyl (C=O) groups excluding carboxylic acids is 2. The number of rotatable bonds is 5. The zero-order valence-electron chi connectivity index (χ0n) is 10.3. The van der Waals surface area contributed by atoms with Crippen LogP contribution in [-0.4, -0.2) is 18.9 Å². The Morgan fingerprint density at radius 3 is 1.93 bits per heavy atom. The summed E-state index contributed by atoms with van der Waals surface area (Å²) in [7, 11) is 0. The third-order valence-corrected chi connectivity index (χ3v) is 1.11. The Morgan fingerprint density at radius 2 is 1.73 bits per heavy atom. The molecule has 0 rings (SSSR count). The molecule has 0 unspecified atom stereocenters. The first kappa shape index (κ1) is 24.5. The third-order valence-electron chi connectivity index (χ3n) is 1.11. The molecular weight excluding hydrogens is 269 g/mol. The van der Waals surface area contributed by atoms with Gasteiger partial charge in [0.05, 0.1) is 6.61 Å². The normalized spacial score (nSPS) is 7.13. The molecular formula is C11H22O3Y-2. The van der Waals surface area contributed by atoms with Gasteiger partial charge >= 0.3 is 5.97 Å². The molecule has 0 aliphatic rings. The smallest absolute Gasteiger partial charge is 0.305 e. The van der Waals surface area contributed by atoms with Crippen LogP contribution in [0.2, 0.25) is 0 Å². The molecule has 1 radical (unpaired) electrons. The summed E-state index contributed by atoms with van der Waals surface area (Å²) in [5.74, 6) is -0.105. The molecule has 15 heavy (non-hydrogen) atoms. The largest absolute Gasteiger partial charge is 0.542 e. The second-order valence-electron chi connectivity index (χ2n) is 2.47. The van der Waals surface area contributed by atoms with E-state index < -0.39 is 0 Å². The van der Waals surface area contributed by atoms with Crippen molar-refractivity contribution in [1.82, 2.24) is 0 Å². The summed E-state index contributed by atoms with van der Waals surface area (Å²) in [5.41, 5.74) is 0. The Hall–Kier alpha value is 0.244. The van der Waals surface area contributed by atoms with Gasteiger partial charge in [-0.05, 0) is 6.42 Å². The molecule has 0 amide bonds. The van der Waals surface area contributed by atoms with Crippen LogP contribution in [0.1, 0.15) is 46.5 Å². The van der Waals surface area contributed by atoms with Crippen LogP contribution < -0.4 is 0 Å². The molecule has 3 nitrogen and oxygen atoms in total. The van der Waals surface area contributed by atoms with Crippen LogP contribution in [0.15, 0.2) is 0 Å². The average Bonchev–Trinajstić information content (AvgIpc) is 2.16. The van der Waals surface area contributed by atoms with E-state index in [0.717, 1.165) is 12.8 Å². The molecule has 0 atom stereocenters. The van der Waals surface area contributed by atoms with Crippen LogP contribution in [0.4, 0.5) is 0 Å². The van der Waals surface area contributed by atoms with E-state index in [1.54, 1.807) is 13.2 Å². The number of unbranched alkanes of at least 4 members (excludes halogenated alkanes) is 1. The quantitative estimate of drug-likeness (QED) is 0.578. The number of carbonyl (C=O) groups is 1. The van der Waals surface area contributed by atoms with E-state index in [1.165, 1.54) is 0 Å². The molecule has 0 aliphatic heterocycles. The first-order valence-electron chi connectivity index (χ1n) is 4.73. The van der Waals surface area contributed by atoms with Gasteiger partial charge in [-0.25, -0.2) is 0 Å². The fraction of sp³-hybridized carbons (Fsp3) is 0.727. The van der Waals surface area contributed by atoms with Crippen molar-refractivity contribution in [2.75, 3.05) is 6.61 Å². The van der Waals surface area contributed by atoms with Crippen LogP contribution in [0, 0.1) is 7.43 Å². The van der Waals surface area contributed by atoms with Crippen molar-refractivity contribution in [3.63, 3.8) is 0 Å². The van der Waals surface area contributed by atoms with E-state index in [1.807, 2.05) is 13.8 Å². The molecule has 0 aromatic rings. The van der Waals surface area contributed by atoms with Crippen molar-refractivity contribution >= 4 is 12.3 Å². The van der Waals surface area contributed by atoms with Gasteiger partial charge in [0, 0.05) is 39.1 Å². The molecule has 0 N–H and O–H groups in total. The maximum atomic E-state index is 10.3. The molecule has 0 aromatic carbocycles. The molecule has 4 heteroatoms. The van der Waals surface area contributed by atoms with Crippen molar-refractivity contribution in [3.8, 4) is 0 Å². The summed E-state index contributed by atoms with van der Waals surface area (Å²) in [6.45, 7) is 6.28. The average molecular weight is 291 g/mol.